The summed E-state index contributed by atoms with van der Waals surface area (Å²) in [6, 6.07) is 21.2. The molecule has 4 aromatic rings. The molecule has 3 aromatic carbocycles. The van der Waals surface area contributed by atoms with Crippen LogP contribution in [0.5, 0.6) is 5.75 Å². The van der Waals surface area contributed by atoms with Crippen molar-refractivity contribution in [3.05, 3.63) is 119 Å². The third-order valence-electron chi connectivity index (χ3n) is 7.07. The molecule has 45 heavy (non-hydrogen) atoms. The van der Waals surface area contributed by atoms with E-state index in [1.807, 2.05) is 61.5 Å². The standard InChI is InChI=1S/C35H36F3N3O4/c1-4-33(43)39-22-29(40-23(2)20-32(42)26-12-14-28(15-13-26)35(36,37)38)21-25-10-16-30(17-11-25)44-19-18-31-24(3)45-34(41-31)27-8-6-5-7-9-27/h5-17,20,29,40H,4,18-19,21-22H2,1-3H3,(H,39,43). The molecule has 0 radical (unpaired) electrons. The predicted molar refractivity (Wildman–Crippen MR) is 166 cm³/mol. The largest absolute Gasteiger partial charge is 0.493 e. The molecular weight excluding hydrogens is 583 g/mol. The van der Waals surface area contributed by atoms with Gasteiger partial charge in [0.15, 0.2) is 5.78 Å². The Kier molecular flexibility index (Phi) is 11.2. The monoisotopic (exact) mass is 619 g/mol. The van der Waals surface area contributed by atoms with Gasteiger partial charge in [-0.2, -0.15) is 13.2 Å². The number of nitrogens with zero attached hydrogens (tertiary/aromatic N) is 1. The lowest BCUT2D eigenvalue weighted by atomic mass is 10.0. The second kappa shape index (κ2) is 15.2. The quantitative estimate of drug-likeness (QED) is 0.116. The van der Waals surface area contributed by atoms with Crippen molar-refractivity contribution in [3.63, 3.8) is 0 Å². The summed E-state index contributed by atoms with van der Waals surface area (Å²) in [5.74, 6) is 1.51. The molecule has 4 rings (SSSR count). The number of hydrogen-bond acceptors (Lipinski definition) is 6. The van der Waals surface area contributed by atoms with E-state index in [0.29, 0.717) is 49.8 Å². The number of carbonyl (C=O) groups is 2. The number of aryl methyl sites for hydroxylation is 1. The van der Waals surface area contributed by atoms with Crippen molar-refractivity contribution in [3.8, 4) is 17.2 Å². The van der Waals surface area contributed by atoms with Gasteiger partial charge in [0.1, 0.15) is 11.5 Å². The highest BCUT2D eigenvalue weighted by Gasteiger charge is 2.30. The number of aromatic nitrogens is 1. The fourth-order valence-electron chi connectivity index (χ4n) is 4.64. The highest BCUT2D eigenvalue weighted by Crippen LogP contribution is 2.29. The van der Waals surface area contributed by atoms with E-state index in [9.17, 15) is 22.8 Å². The van der Waals surface area contributed by atoms with Crippen LogP contribution in [0.4, 0.5) is 13.2 Å². The average molecular weight is 620 g/mol. The molecule has 1 unspecified atom stereocenters. The van der Waals surface area contributed by atoms with Crippen LogP contribution in [0, 0.1) is 6.92 Å². The zero-order chi connectivity index (χ0) is 32.4. The number of hydrogen-bond donors (Lipinski definition) is 2. The predicted octanol–water partition coefficient (Wildman–Crippen LogP) is 7.10. The van der Waals surface area contributed by atoms with Crippen molar-refractivity contribution >= 4 is 11.7 Å². The number of halogens is 3. The van der Waals surface area contributed by atoms with E-state index < -0.39 is 17.5 Å². The number of amides is 1. The average Bonchev–Trinajstić information content (AvgIpc) is 3.40. The molecule has 0 aliphatic carbocycles. The van der Waals surface area contributed by atoms with Gasteiger partial charge >= 0.3 is 6.18 Å². The number of nitrogens with one attached hydrogen (secondary N) is 2. The van der Waals surface area contributed by atoms with Gasteiger partial charge in [-0.3, -0.25) is 9.59 Å². The van der Waals surface area contributed by atoms with Gasteiger partial charge in [0.05, 0.1) is 17.9 Å². The summed E-state index contributed by atoms with van der Waals surface area (Å²) in [7, 11) is 0. The van der Waals surface area contributed by atoms with Crippen LogP contribution in [-0.2, 0) is 23.8 Å². The highest BCUT2D eigenvalue weighted by molar-refractivity contribution is 6.04. The fraction of sp³-hybridized carbons (Fsp3) is 0.286. The molecule has 10 heteroatoms. The van der Waals surface area contributed by atoms with E-state index >= 15 is 0 Å². The Morgan fingerprint density at radius 3 is 2.33 bits per heavy atom. The molecule has 0 fully saturated rings. The number of rotatable bonds is 14. The maximum Gasteiger partial charge on any atom is 0.416 e. The summed E-state index contributed by atoms with van der Waals surface area (Å²) < 4.78 is 50.4. The lowest BCUT2D eigenvalue weighted by Crippen LogP contribution is -2.41. The van der Waals surface area contributed by atoms with Crippen molar-refractivity contribution in [2.24, 2.45) is 0 Å². The molecule has 2 N–H and O–H groups in total. The Balaban J connectivity index is 1.34. The molecular formula is C35H36F3N3O4. The maximum absolute atomic E-state index is 12.9. The third kappa shape index (κ3) is 9.82. The fourth-order valence-corrected chi connectivity index (χ4v) is 4.64. The number of oxazole rings is 1. The van der Waals surface area contributed by atoms with E-state index in [1.165, 1.54) is 6.08 Å². The van der Waals surface area contributed by atoms with Gasteiger partial charge in [-0.05, 0) is 62.2 Å². The normalized spacial score (nSPS) is 12.4. The van der Waals surface area contributed by atoms with E-state index in [2.05, 4.69) is 15.6 Å². The third-order valence-corrected chi connectivity index (χ3v) is 7.07. The van der Waals surface area contributed by atoms with Gasteiger partial charge in [0.2, 0.25) is 11.8 Å². The van der Waals surface area contributed by atoms with Crippen LogP contribution in [0.1, 0.15) is 53.2 Å². The topological polar surface area (TPSA) is 93.5 Å². The number of allylic oxidation sites excluding steroid dienone is 2. The first-order valence-electron chi connectivity index (χ1n) is 14.7. The molecule has 0 saturated heterocycles. The van der Waals surface area contributed by atoms with Crippen LogP contribution in [0.2, 0.25) is 0 Å². The summed E-state index contributed by atoms with van der Waals surface area (Å²) in [6.07, 6.45) is -1.68. The molecule has 0 bridgehead atoms. The molecule has 7 nitrogen and oxygen atoms in total. The van der Waals surface area contributed by atoms with Crippen LogP contribution in [0.15, 0.2) is 95.1 Å². The summed E-state index contributed by atoms with van der Waals surface area (Å²) in [6.45, 7) is 6.08. The van der Waals surface area contributed by atoms with Crippen molar-refractivity contribution in [1.82, 2.24) is 15.6 Å². The Morgan fingerprint density at radius 1 is 1.00 bits per heavy atom. The van der Waals surface area contributed by atoms with Crippen LogP contribution in [0.25, 0.3) is 11.5 Å². The molecule has 0 spiro atoms. The molecule has 1 aromatic heterocycles. The van der Waals surface area contributed by atoms with Gasteiger partial charge in [0.25, 0.3) is 0 Å². The Morgan fingerprint density at radius 2 is 1.69 bits per heavy atom. The van der Waals surface area contributed by atoms with Crippen LogP contribution >= 0.6 is 0 Å². The number of carbonyl (C=O) groups excluding carboxylic acids is 2. The molecule has 1 heterocycles. The van der Waals surface area contributed by atoms with Gasteiger partial charge in [-0.15, -0.1) is 0 Å². The van der Waals surface area contributed by atoms with Gasteiger partial charge in [-0.25, -0.2) is 4.98 Å². The van der Waals surface area contributed by atoms with Crippen molar-refractivity contribution < 1.29 is 31.9 Å². The minimum absolute atomic E-state index is 0.105. The first-order valence-corrected chi connectivity index (χ1v) is 14.7. The van der Waals surface area contributed by atoms with Crippen LogP contribution < -0.4 is 15.4 Å². The minimum atomic E-state index is -4.47. The number of ether oxygens (including phenoxy) is 1. The smallest absolute Gasteiger partial charge is 0.416 e. The summed E-state index contributed by atoms with van der Waals surface area (Å²) in [4.78, 5) is 29.2. The van der Waals surface area contributed by atoms with Gasteiger partial charge in [0, 0.05) is 48.3 Å². The minimum Gasteiger partial charge on any atom is -0.493 e. The van der Waals surface area contributed by atoms with Crippen molar-refractivity contribution in [2.75, 3.05) is 13.2 Å². The molecule has 0 aliphatic heterocycles. The molecule has 0 aliphatic rings. The summed E-state index contributed by atoms with van der Waals surface area (Å²) in [5, 5.41) is 6.14. The summed E-state index contributed by atoms with van der Waals surface area (Å²) >= 11 is 0. The SMILES string of the molecule is CCC(=O)NCC(Cc1ccc(OCCc2nc(-c3ccccc3)oc2C)cc1)NC(C)=CC(=O)c1ccc(C(F)(F)F)cc1. The molecule has 1 amide bonds. The number of benzene rings is 3. The Hall–Kier alpha value is -4.86. The first-order chi connectivity index (χ1) is 21.5. The van der Waals surface area contributed by atoms with Crippen molar-refractivity contribution in [1.29, 1.82) is 0 Å². The first kappa shape index (κ1) is 33.0. The van der Waals surface area contributed by atoms with E-state index in [-0.39, 0.29) is 17.5 Å². The van der Waals surface area contributed by atoms with Crippen LogP contribution in [0.3, 0.4) is 0 Å². The van der Waals surface area contributed by atoms with Crippen molar-refractivity contribution in [2.45, 2.75) is 52.3 Å². The zero-order valence-electron chi connectivity index (χ0n) is 25.4. The van der Waals surface area contributed by atoms with E-state index in [0.717, 1.165) is 46.8 Å². The van der Waals surface area contributed by atoms with Gasteiger partial charge < -0.3 is 19.8 Å². The van der Waals surface area contributed by atoms with Crippen LogP contribution in [-0.4, -0.2) is 35.9 Å². The van der Waals surface area contributed by atoms with Gasteiger partial charge in [-0.1, -0.05) is 49.4 Å². The molecule has 236 valence electrons. The Bertz CT molecular complexity index is 1600. The zero-order valence-corrected chi connectivity index (χ0v) is 25.4. The lowest BCUT2D eigenvalue weighted by Gasteiger charge is -2.21. The number of alkyl halides is 3. The number of ketones is 1. The lowest BCUT2D eigenvalue weighted by molar-refractivity contribution is -0.137. The molecule has 1 atom stereocenters. The van der Waals surface area contributed by atoms with E-state index in [4.69, 9.17) is 9.15 Å². The van der Waals surface area contributed by atoms with E-state index in [1.54, 1.807) is 13.8 Å². The second-order valence-corrected chi connectivity index (χ2v) is 10.6. The maximum atomic E-state index is 12.9. The second-order valence-electron chi connectivity index (χ2n) is 10.6. The summed E-state index contributed by atoms with van der Waals surface area (Å²) in [5.41, 5.74) is 2.59. The Labute approximate surface area is 260 Å². The highest BCUT2D eigenvalue weighted by atomic mass is 19.4. The molecule has 0 saturated carbocycles.